The van der Waals surface area contributed by atoms with Gasteiger partial charge in [-0.15, -0.1) is 0 Å². The van der Waals surface area contributed by atoms with Gasteiger partial charge in [-0.25, -0.2) is 19.2 Å². The number of hydrogen-bond acceptors (Lipinski definition) is 13. The lowest BCUT2D eigenvalue weighted by atomic mass is 10.1. The molecule has 2 heterocycles. The third kappa shape index (κ3) is 8.66. The molecular weight excluding hydrogens is 664 g/mol. The van der Waals surface area contributed by atoms with Crippen molar-refractivity contribution in [1.82, 2.24) is 0 Å². The summed E-state index contributed by atoms with van der Waals surface area (Å²) in [6.45, 7) is -0.877. The van der Waals surface area contributed by atoms with Crippen LogP contribution < -0.4 is 0 Å². The van der Waals surface area contributed by atoms with Gasteiger partial charge in [0.1, 0.15) is 24.9 Å². The van der Waals surface area contributed by atoms with Crippen LogP contribution in [-0.2, 0) is 33.2 Å². The Kier molecular flexibility index (Phi) is 11.5. The molecule has 2 fully saturated rings. The van der Waals surface area contributed by atoms with E-state index in [1.165, 1.54) is 36.4 Å². The first-order chi connectivity index (χ1) is 24.8. The smallest absolute Gasteiger partial charge is 0.338 e. The van der Waals surface area contributed by atoms with Gasteiger partial charge in [-0.05, 0) is 48.5 Å². The van der Waals surface area contributed by atoms with Gasteiger partial charge >= 0.3 is 23.9 Å². The second-order valence-electron chi connectivity index (χ2n) is 11.6. The zero-order valence-corrected chi connectivity index (χ0v) is 27.0. The zero-order valence-electron chi connectivity index (χ0n) is 27.0. The van der Waals surface area contributed by atoms with Crippen molar-refractivity contribution < 1.29 is 62.5 Å². The Bertz CT molecular complexity index is 1770. The van der Waals surface area contributed by atoms with Crippen molar-refractivity contribution in [3.05, 3.63) is 144 Å². The number of rotatable bonds is 12. The molecule has 13 heteroatoms. The van der Waals surface area contributed by atoms with Gasteiger partial charge in [0.15, 0.2) is 30.9 Å². The molecule has 13 nitrogen and oxygen atoms in total. The lowest BCUT2D eigenvalue weighted by Crippen LogP contribution is -2.43. The van der Waals surface area contributed by atoms with Crippen molar-refractivity contribution in [3.8, 4) is 0 Å². The van der Waals surface area contributed by atoms with Crippen molar-refractivity contribution in [3.63, 3.8) is 0 Å². The standard InChI is InChI=1S/C38H34O13/c39-29-27(21-45-33(40)23-13-5-1-6-14-23)48-38(31(29)50-35(42)25-17-9-3-10-18-25)46-22-28-30(49-34(41)24-15-7-2-8-16-24)32(37(44)47-28)51-36(43)26-19-11-4-12-20-26/h1-20,27-32,37-39,44H,21-22H2/t27-,28-,29-,30-,31+,32+,37+,38+/m1/s1. The first-order valence-electron chi connectivity index (χ1n) is 16.1. The minimum atomic E-state index is -1.73. The van der Waals surface area contributed by atoms with Gasteiger partial charge in [0.05, 0.1) is 28.9 Å². The van der Waals surface area contributed by atoms with Gasteiger partial charge in [0.25, 0.3) is 0 Å². The largest absolute Gasteiger partial charge is 0.459 e. The van der Waals surface area contributed by atoms with Crippen LogP contribution in [0.5, 0.6) is 0 Å². The fourth-order valence-corrected chi connectivity index (χ4v) is 5.51. The number of esters is 4. The molecule has 0 spiro atoms. The van der Waals surface area contributed by atoms with Crippen LogP contribution in [0.3, 0.4) is 0 Å². The Balaban J connectivity index is 1.19. The summed E-state index contributed by atoms with van der Waals surface area (Å²) in [7, 11) is 0. The third-order valence-electron chi connectivity index (χ3n) is 8.15. The summed E-state index contributed by atoms with van der Waals surface area (Å²) < 4.78 is 39.8. The van der Waals surface area contributed by atoms with E-state index in [-0.39, 0.29) is 22.3 Å². The molecule has 264 valence electrons. The van der Waals surface area contributed by atoms with E-state index in [0.29, 0.717) is 0 Å². The average molecular weight is 699 g/mol. The molecule has 0 bridgehead atoms. The summed E-state index contributed by atoms with van der Waals surface area (Å²) in [5, 5.41) is 22.1. The molecule has 2 N–H and O–H groups in total. The number of benzene rings is 4. The molecule has 2 aliphatic heterocycles. The first kappa shape index (κ1) is 35.4. The summed E-state index contributed by atoms with van der Waals surface area (Å²) in [6.07, 6.45) is -11.4. The highest BCUT2D eigenvalue weighted by atomic mass is 16.7. The fourth-order valence-electron chi connectivity index (χ4n) is 5.51. The second kappa shape index (κ2) is 16.5. The van der Waals surface area contributed by atoms with Gasteiger partial charge in [0, 0.05) is 0 Å². The Morgan fingerprint density at radius 1 is 0.490 bits per heavy atom. The highest BCUT2D eigenvalue weighted by Crippen LogP contribution is 2.31. The molecule has 4 aromatic rings. The van der Waals surface area contributed by atoms with E-state index in [1.54, 1.807) is 84.9 Å². The van der Waals surface area contributed by atoms with Crippen molar-refractivity contribution in [2.24, 2.45) is 0 Å². The van der Waals surface area contributed by atoms with Crippen LogP contribution in [0.2, 0.25) is 0 Å². The van der Waals surface area contributed by atoms with Gasteiger partial charge in [0.2, 0.25) is 0 Å². The van der Waals surface area contributed by atoms with Crippen molar-refractivity contribution >= 4 is 23.9 Å². The maximum Gasteiger partial charge on any atom is 0.338 e. The van der Waals surface area contributed by atoms with Crippen LogP contribution in [0.1, 0.15) is 41.4 Å². The number of carbonyl (C=O) groups is 4. The summed E-state index contributed by atoms with van der Waals surface area (Å²) in [5.41, 5.74) is 0.851. The highest BCUT2D eigenvalue weighted by molar-refractivity contribution is 5.91. The van der Waals surface area contributed by atoms with Crippen LogP contribution in [-0.4, -0.2) is 96.5 Å². The fraction of sp³-hybridized carbons (Fsp3) is 0.263. The molecule has 2 aliphatic rings. The van der Waals surface area contributed by atoms with Gasteiger partial charge < -0.3 is 43.4 Å². The monoisotopic (exact) mass is 698 g/mol. The molecule has 51 heavy (non-hydrogen) atoms. The summed E-state index contributed by atoms with van der Waals surface area (Å²) in [4.78, 5) is 51.7. The molecule has 2 saturated heterocycles. The molecule has 0 aliphatic carbocycles. The van der Waals surface area contributed by atoms with E-state index in [2.05, 4.69) is 0 Å². The van der Waals surface area contributed by atoms with E-state index < -0.39 is 86.3 Å². The normalized spacial score (nSPS) is 25.5. The molecule has 0 radical (unpaired) electrons. The quantitative estimate of drug-likeness (QED) is 0.163. The topological polar surface area (TPSA) is 173 Å². The van der Waals surface area contributed by atoms with Gasteiger partial charge in [-0.2, -0.15) is 0 Å². The van der Waals surface area contributed by atoms with Crippen molar-refractivity contribution in [2.75, 3.05) is 13.2 Å². The second-order valence-corrected chi connectivity index (χ2v) is 11.6. The van der Waals surface area contributed by atoms with Gasteiger partial charge in [-0.1, -0.05) is 72.8 Å². The molecule has 6 rings (SSSR count). The number of hydrogen-bond donors (Lipinski definition) is 2. The summed E-state index contributed by atoms with van der Waals surface area (Å²) >= 11 is 0. The van der Waals surface area contributed by atoms with Crippen LogP contribution in [0.4, 0.5) is 0 Å². The lowest BCUT2D eigenvalue weighted by molar-refractivity contribution is -0.198. The maximum absolute atomic E-state index is 13.1. The molecule has 0 unspecified atom stereocenters. The third-order valence-corrected chi connectivity index (χ3v) is 8.15. The predicted molar refractivity (Wildman–Crippen MR) is 175 cm³/mol. The molecule has 4 aromatic carbocycles. The van der Waals surface area contributed by atoms with Gasteiger partial charge in [-0.3, -0.25) is 0 Å². The van der Waals surface area contributed by atoms with E-state index >= 15 is 0 Å². The Morgan fingerprint density at radius 2 is 0.902 bits per heavy atom. The lowest BCUT2D eigenvalue weighted by Gasteiger charge is -2.25. The Labute approximate surface area is 292 Å². The molecule has 0 aromatic heterocycles. The number of aliphatic hydroxyl groups excluding tert-OH is 2. The Hall–Kier alpha value is -5.44. The van der Waals surface area contributed by atoms with Crippen LogP contribution >= 0.6 is 0 Å². The summed E-state index contributed by atoms with van der Waals surface area (Å²) in [5.74, 6) is -3.03. The number of aliphatic hydroxyl groups is 2. The van der Waals surface area contributed by atoms with Crippen molar-refractivity contribution in [2.45, 2.75) is 49.2 Å². The highest BCUT2D eigenvalue weighted by Gasteiger charge is 2.52. The molecule has 8 atom stereocenters. The van der Waals surface area contributed by atoms with E-state index in [4.69, 9.17) is 33.2 Å². The van der Waals surface area contributed by atoms with Crippen LogP contribution in [0.15, 0.2) is 121 Å². The van der Waals surface area contributed by atoms with E-state index in [9.17, 15) is 29.4 Å². The Morgan fingerprint density at radius 3 is 1.37 bits per heavy atom. The zero-order chi connectivity index (χ0) is 35.7. The summed E-state index contributed by atoms with van der Waals surface area (Å²) in [6, 6.07) is 32.3. The van der Waals surface area contributed by atoms with Crippen LogP contribution in [0.25, 0.3) is 0 Å². The maximum atomic E-state index is 13.1. The SMILES string of the molecule is O=C(OC[C@H]1O[C@H](OC[C@H]2O[C@H](O)[C@@H](OC(=O)c3ccccc3)[C@@H]2OC(=O)c2ccccc2)[C@@H](OC(=O)c2ccccc2)[C@@H]1O)c1ccccc1. The van der Waals surface area contributed by atoms with E-state index in [1.807, 2.05) is 0 Å². The number of carbonyl (C=O) groups excluding carboxylic acids is 4. The molecule has 0 saturated carbocycles. The van der Waals surface area contributed by atoms with Crippen molar-refractivity contribution in [1.29, 1.82) is 0 Å². The van der Waals surface area contributed by atoms with E-state index in [0.717, 1.165) is 0 Å². The minimum absolute atomic E-state index is 0.188. The molecule has 0 amide bonds. The number of ether oxygens (including phenoxy) is 7. The minimum Gasteiger partial charge on any atom is -0.459 e. The first-order valence-corrected chi connectivity index (χ1v) is 16.1. The predicted octanol–water partition coefficient (Wildman–Crippen LogP) is 3.34. The molecular formula is C38H34O13. The van der Waals surface area contributed by atoms with Crippen LogP contribution in [0, 0.1) is 0 Å². The average Bonchev–Trinajstić information content (AvgIpc) is 3.63.